The monoisotopic (exact) mass is 279 g/mol. The van der Waals surface area contributed by atoms with Crippen molar-refractivity contribution in [1.82, 2.24) is 4.98 Å². The summed E-state index contributed by atoms with van der Waals surface area (Å²) in [4.78, 5) is 4.47. The zero-order valence-corrected chi connectivity index (χ0v) is 11.7. The molecule has 0 spiro atoms. The minimum Gasteiger partial charge on any atom is -0.424 e. The van der Waals surface area contributed by atoms with Gasteiger partial charge in [0.25, 0.3) is 6.01 Å². The van der Waals surface area contributed by atoms with Crippen LogP contribution in [0.4, 0.5) is 11.7 Å². The van der Waals surface area contributed by atoms with Gasteiger partial charge in [-0.1, -0.05) is 24.3 Å². The second-order valence-electron chi connectivity index (χ2n) is 5.60. The SMILES string of the molecule is Nc1ccc2oc(NC3CCc4ccccc4C3)nc2c1. The van der Waals surface area contributed by atoms with Crippen LogP contribution in [-0.2, 0) is 12.8 Å². The average Bonchev–Trinajstić information content (AvgIpc) is 2.88. The summed E-state index contributed by atoms with van der Waals surface area (Å²) in [5.74, 6) is 0. The maximum absolute atomic E-state index is 5.77. The van der Waals surface area contributed by atoms with Crippen molar-refractivity contribution in [3.8, 4) is 0 Å². The number of nitrogens with two attached hydrogens (primary N) is 1. The number of oxazole rings is 1. The molecule has 1 atom stereocenters. The van der Waals surface area contributed by atoms with E-state index in [0.29, 0.717) is 17.7 Å². The van der Waals surface area contributed by atoms with Crippen molar-refractivity contribution in [3.63, 3.8) is 0 Å². The summed E-state index contributed by atoms with van der Waals surface area (Å²) in [5, 5.41) is 3.41. The molecule has 0 fully saturated rings. The highest BCUT2D eigenvalue weighted by atomic mass is 16.4. The largest absolute Gasteiger partial charge is 0.424 e. The molecule has 4 heteroatoms. The fourth-order valence-electron chi connectivity index (χ4n) is 3.00. The van der Waals surface area contributed by atoms with Gasteiger partial charge < -0.3 is 15.5 Å². The van der Waals surface area contributed by atoms with Crippen molar-refractivity contribution in [3.05, 3.63) is 53.6 Å². The van der Waals surface area contributed by atoms with Crippen LogP contribution in [0.5, 0.6) is 0 Å². The Morgan fingerprint density at radius 1 is 1.14 bits per heavy atom. The Bertz CT molecular complexity index is 794. The zero-order chi connectivity index (χ0) is 14.2. The van der Waals surface area contributed by atoms with Gasteiger partial charge in [-0.2, -0.15) is 4.98 Å². The molecule has 1 aliphatic carbocycles. The maximum Gasteiger partial charge on any atom is 0.295 e. The molecule has 3 aromatic rings. The second-order valence-corrected chi connectivity index (χ2v) is 5.60. The first-order valence-electron chi connectivity index (χ1n) is 7.27. The zero-order valence-electron chi connectivity index (χ0n) is 11.7. The van der Waals surface area contributed by atoms with Crippen LogP contribution in [0, 0.1) is 0 Å². The van der Waals surface area contributed by atoms with E-state index in [9.17, 15) is 0 Å². The number of aromatic nitrogens is 1. The second kappa shape index (κ2) is 4.81. The summed E-state index contributed by atoms with van der Waals surface area (Å²) in [6.45, 7) is 0. The minimum absolute atomic E-state index is 0.366. The highest BCUT2D eigenvalue weighted by Gasteiger charge is 2.19. The fraction of sp³-hybridized carbons (Fsp3) is 0.235. The van der Waals surface area contributed by atoms with E-state index in [1.807, 2.05) is 18.2 Å². The van der Waals surface area contributed by atoms with Gasteiger partial charge in [-0.05, 0) is 48.6 Å². The third kappa shape index (κ3) is 2.33. The molecule has 0 saturated heterocycles. The van der Waals surface area contributed by atoms with Gasteiger partial charge in [-0.15, -0.1) is 0 Å². The lowest BCUT2D eigenvalue weighted by molar-refractivity contribution is 0.557. The molecular formula is C17H17N3O. The van der Waals surface area contributed by atoms with Crippen molar-refractivity contribution >= 4 is 22.8 Å². The molecule has 106 valence electrons. The summed E-state index contributed by atoms with van der Waals surface area (Å²) >= 11 is 0. The number of aryl methyl sites for hydroxylation is 1. The van der Waals surface area contributed by atoms with Crippen molar-refractivity contribution in [1.29, 1.82) is 0 Å². The number of rotatable bonds is 2. The van der Waals surface area contributed by atoms with E-state index < -0.39 is 0 Å². The number of hydrogen-bond donors (Lipinski definition) is 2. The Balaban J connectivity index is 1.55. The first-order chi connectivity index (χ1) is 10.3. The summed E-state index contributed by atoms with van der Waals surface area (Å²) in [5.41, 5.74) is 10.9. The number of fused-ring (bicyclic) bond motifs is 2. The standard InChI is InChI=1S/C17H17N3O/c18-13-6-8-16-15(10-13)20-17(21-16)19-14-7-5-11-3-1-2-4-12(11)9-14/h1-4,6,8,10,14H,5,7,9,18H2,(H,19,20). The third-order valence-corrected chi connectivity index (χ3v) is 4.09. The lowest BCUT2D eigenvalue weighted by Crippen LogP contribution is -2.27. The molecule has 0 bridgehead atoms. The predicted molar refractivity (Wildman–Crippen MR) is 84.3 cm³/mol. The molecule has 3 N–H and O–H groups in total. The number of nitrogens with one attached hydrogen (secondary N) is 1. The van der Waals surface area contributed by atoms with Crippen molar-refractivity contribution in [2.45, 2.75) is 25.3 Å². The topological polar surface area (TPSA) is 64.1 Å². The van der Waals surface area contributed by atoms with Gasteiger partial charge in [0.2, 0.25) is 0 Å². The van der Waals surface area contributed by atoms with Gasteiger partial charge in [-0.25, -0.2) is 0 Å². The fourth-order valence-corrected chi connectivity index (χ4v) is 3.00. The Labute approximate surface area is 123 Å². The molecule has 4 nitrogen and oxygen atoms in total. The van der Waals surface area contributed by atoms with E-state index in [1.165, 1.54) is 11.1 Å². The van der Waals surface area contributed by atoms with Crippen molar-refractivity contribution < 1.29 is 4.42 Å². The normalized spacial score (nSPS) is 17.6. The lowest BCUT2D eigenvalue weighted by atomic mass is 9.88. The Morgan fingerprint density at radius 2 is 2.00 bits per heavy atom. The molecule has 4 rings (SSSR count). The smallest absolute Gasteiger partial charge is 0.295 e. The average molecular weight is 279 g/mol. The van der Waals surface area contributed by atoms with Crippen LogP contribution in [-0.4, -0.2) is 11.0 Å². The van der Waals surface area contributed by atoms with Crippen LogP contribution in [0.2, 0.25) is 0 Å². The highest BCUT2D eigenvalue weighted by molar-refractivity contribution is 5.78. The van der Waals surface area contributed by atoms with Crippen molar-refractivity contribution in [2.24, 2.45) is 0 Å². The third-order valence-electron chi connectivity index (χ3n) is 4.09. The molecule has 21 heavy (non-hydrogen) atoms. The van der Waals surface area contributed by atoms with Gasteiger partial charge in [0, 0.05) is 11.7 Å². The van der Waals surface area contributed by atoms with E-state index in [2.05, 4.69) is 34.6 Å². The summed E-state index contributed by atoms with van der Waals surface area (Å²) in [6, 6.07) is 15.1. The minimum atomic E-state index is 0.366. The predicted octanol–water partition coefficient (Wildman–Crippen LogP) is 3.38. The van der Waals surface area contributed by atoms with Gasteiger partial charge in [0.15, 0.2) is 5.58 Å². The maximum atomic E-state index is 5.77. The number of nitrogen functional groups attached to an aromatic ring is 1. The van der Waals surface area contributed by atoms with Crippen LogP contribution in [0.15, 0.2) is 46.9 Å². The molecular weight excluding hydrogens is 262 g/mol. The molecule has 2 aromatic carbocycles. The molecule has 1 heterocycles. The number of nitrogens with zero attached hydrogens (tertiary/aromatic N) is 1. The van der Waals surface area contributed by atoms with E-state index in [4.69, 9.17) is 10.2 Å². The highest BCUT2D eigenvalue weighted by Crippen LogP contribution is 2.26. The van der Waals surface area contributed by atoms with Crippen LogP contribution >= 0.6 is 0 Å². The van der Waals surface area contributed by atoms with E-state index >= 15 is 0 Å². The number of anilines is 2. The van der Waals surface area contributed by atoms with Crippen molar-refractivity contribution in [2.75, 3.05) is 11.1 Å². The van der Waals surface area contributed by atoms with Crippen LogP contribution in [0.25, 0.3) is 11.1 Å². The molecule has 1 unspecified atom stereocenters. The number of hydrogen-bond acceptors (Lipinski definition) is 4. The molecule has 0 radical (unpaired) electrons. The van der Waals surface area contributed by atoms with Gasteiger partial charge in [0.05, 0.1) is 0 Å². The summed E-state index contributed by atoms with van der Waals surface area (Å²) in [7, 11) is 0. The van der Waals surface area contributed by atoms with Crippen LogP contribution in [0.3, 0.4) is 0 Å². The summed E-state index contributed by atoms with van der Waals surface area (Å²) < 4.78 is 5.74. The van der Waals surface area contributed by atoms with E-state index in [0.717, 1.165) is 30.4 Å². The number of benzene rings is 2. The van der Waals surface area contributed by atoms with Gasteiger partial charge in [-0.3, -0.25) is 0 Å². The quantitative estimate of drug-likeness (QED) is 0.706. The molecule has 1 aliphatic rings. The molecule has 0 amide bonds. The van der Waals surface area contributed by atoms with Crippen LogP contribution < -0.4 is 11.1 Å². The lowest BCUT2D eigenvalue weighted by Gasteiger charge is -2.24. The Morgan fingerprint density at radius 3 is 2.90 bits per heavy atom. The Hall–Kier alpha value is -2.49. The van der Waals surface area contributed by atoms with E-state index in [-0.39, 0.29) is 0 Å². The van der Waals surface area contributed by atoms with E-state index in [1.54, 1.807) is 0 Å². The van der Waals surface area contributed by atoms with Gasteiger partial charge in [0.1, 0.15) is 5.52 Å². The first-order valence-corrected chi connectivity index (χ1v) is 7.27. The van der Waals surface area contributed by atoms with Gasteiger partial charge >= 0.3 is 0 Å². The molecule has 0 aliphatic heterocycles. The summed E-state index contributed by atoms with van der Waals surface area (Å²) in [6.07, 6.45) is 3.20. The first kappa shape index (κ1) is 12.3. The Kier molecular flexibility index (Phi) is 2.81. The molecule has 0 saturated carbocycles. The van der Waals surface area contributed by atoms with Crippen LogP contribution in [0.1, 0.15) is 17.5 Å². The molecule has 1 aromatic heterocycles.